The Balaban J connectivity index is 1.75. The average molecular weight is 360 g/mol. The highest BCUT2D eigenvalue weighted by Gasteiger charge is 2.31. The standard InChI is InChI=1S/C19H24N2O3S/c1-11-18(25-13(3)20-11)12(2)21(4)19(22)15-8-14-9-16(23-5)6-7-17(14)24-10-15/h6-7,9,12,15H,8,10H2,1-5H3. The molecule has 0 N–H and O–H groups in total. The molecule has 0 spiro atoms. The zero-order valence-corrected chi connectivity index (χ0v) is 16.1. The maximum Gasteiger partial charge on any atom is 0.229 e. The number of aryl methyl sites for hydroxylation is 2. The van der Waals surface area contributed by atoms with E-state index < -0.39 is 0 Å². The second-order valence-electron chi connectivity index (χ2n) is 6.49. The lowest BCUT2D eigenvalue weighted by molar-refractivity contribution is -0.137. The summed E-state index contributed by atoms with van der Waals surface area (Å²) in [6.45, 7) is 6.46. The van der Waals surface area contributed by atoms with Crippen LogP contribution in [-0.2, 0) is 11.2 Å². The number of benzene rings is 1. The first-order valence-corrected chi connectivity index (χ1v) is 9.22. The Bertz CT molecular complexity index is 787. The summed E-state index contributed by atoms with van der Waals surface area (Å²) in [6.07, 6.45) is 0.670. The van der Waals surface area contributed by atoms with Crippen LogP contribution in [0.15, 0.2) is 18.2 Å². The van der Waals surface area contributed by atoms with Crippen molar-refractivity contribution in [3.05, 3.63) is 39.3 Å². The molecule has 1 aromatic heterocycles. The minimum Gasteiger partial charge on any atom is -0.497 e. The molecular formula is C19H24N2O3S. The Kier molecular flexibility index (Phi) is 4.99. The smallest absolute Gasteiger partial charge is 0.229 e. The molecule has 0 aliphatic carbocycles. The van der Waals surface area contributed by atoms with Crippen molar-refractivity contribution in [1.29, 1.82) is 0 Å². The molecule has 2 atom stereocenters. The molecular weight excluding hydrogens is 336 g/mol. The van der Waals surface area contributed by atoms with Crippen LogP contribution in [0.4, 0.5) is 0 Å². The molecule has 0 bridgehead atoms. The van der Waals surface area contributed by atoms with Crippen LogP contribution in [-0.4, -0.2) is 36.6 Å². The number of nitrogens with zero attached hydrogens (tertiary/aromatic N) is 2. The second-order valence-corrected chi connectivity index (χ2v) is 7.73. The monoisotopic (exact) mass is 360 g/mol. The number of carbonyl (C=O) groups excluding carboxylic acids is 1. The van der Waals surface area contributed by atoms with Crippen molar-refractivity contribution in [2.75, 3.05) is 20.8 Å². The van der Waals surface area contributed by atoms with Gasteiger partial charge in [-0.3, -0.25) is 4.79 Å². The van der Waals surface area contributed by atoms with Gasteiger partial charge in [0, 0.05) is 11.9 Å². The van der Waals surface area contributed by atoms with E-state index in [1.54, 1.807) is 18.4 Å². The van der Waals surface area contributed by atoms with Crippen molar-refractivity contribution in [3.8, 4) is 11.5 Å². The van der Waals surface area contributed by atoms with Gasteiger partial charge in [-0.05, 0) is 51.0 Å². The molecule has 5 nitrogen and oxygen atoms in total. The average Bonchev–Trinajstić information content (AvgIpc) is 2.96. The van der Waals surface area contributed by atoms with Gasteiger partial charge in [-0.25, -0.2) is 4.98 Å². The third kappa shape index (κ3) is 3.49. The molecule has 1 aliphatic heterocycles. The first-order chi connectivity index (χ1) is 11.9. The predicted molar refractivity (Wildman–Crippen MR) is 98.5 cm³/mol. The molecule has 0 radical (unpaired) electrons. The van der Waals surface area contributed by atoms with Gasteiger partial charge in [0.1, 0.15) is 18.1 Å². The number of ether oxygens (including phenoxy) is 2. The van der Waals surface area contributed by atoms with Gasteiger partial charge in [-0.1, -0.05) is 0 Å². The van der Waals surface area contributed by atoms with Gasteiger partial charge in [0.15, 0.2) is 0 Å². The lowest BCUT2D eigenvalue weighted by Crippen LogP contribution is -2.39. The van der Waals surface area contributed by atoms with Crippen LogP contribution in [0.2, 0.25) is 0 Å². The molecule has 0 saturated carbocycles. The van der Waals surface area contributed by atoms with Crippen LogP contribution in [0.3, 0.4) is 0 Å². The number of hydrogen-bond donors (Lipinski definition) is 0. The minimum atomic E-state index is -0.179. The van der Waals surface area contributed by atoms with Crippen LogP contribution < -0.4 is 9.47 Å². The summed E-state index contributed by atoms with van der Waals surface area (Å²) in [6, 6.07) is 5.74. The van der Waals surface area contributed by atoms with Gasteiger partial charge in [0.05, 0.1) is 29.8 Å². The van der Waals surface area contributed by atoms with E-state index in [0.717, 1.165) is 32.6 Å². The summed E-state index contributed by atoms with van der Waals surface area (Å²) in [4.78, 5) is 20.4. The number of thiazole rings is 1. The fourth-order valence-electron chi connectivity index (χ4n) is 3.25. The van der Waals surface area contributed by atoms with E-state index in [1.165, 1.54) is 0 Å². The highest BCUT2D eigenvalue weighted by atomic mass is 32.1. The Morgan fingerprint density at radius 2 is 2.20 bits per heavy atom. The van der Waals surface area contributed by atoms with E-state index in [1.807, 2.05) is 44.0 Å². The lowest BCUT2D eigenvalue weighted by atomic mass is 9.95. The van der Waals surface area contributed by atoms with Crippen LogP contribution in [0.1, 0.15) is 34.1 Å². The second kappa shape index (κ2) is 7.04. The molecule has 1 aliphatic rings. The first-order valence-electron chi connectivity index (χ1n) is 8.41. The summed E-state index contributed by atoms with van der Waals surface area (Å²) in [5.41, 5.74) is 2.03. The van der Waals surface area contributed by atoms with E-state index in [9.17, 15) is 4.79 Å². The summed E-state index contributed by atoms with van der Waals surface area (Å²) >= 11 is 1.66. The summed E-state index contributed by atoms with van der Waals surface area (Å²) in [5.74, 6) is 1.55. The zero-order chi connectivity index (χ0) is 18.1. The quantitative estimate of drug-likeness (QED) is 0.837. The summed E-state index contributed by atoms with van der Waals surface area (Å²) in [7, 11) is 3.51. The summed E-state index contributed by atoms with van der Waals surface area (Å²) < 4.78 is 11.1. The zero-order valence-electron chi connectivity index (χ0n) is 15.3. The molecule has 1 amide bonds. The number of rotatable bonds is 4. The van der Waals surface area contributed by atoms with E-state index in [-0.39, 0.29) is 17.9 Å². The maximum atomic E-state index is 13.0. The third-order valence-electron chi connectivity index (χ3n) is 4.77. The van der Waals surface area contributed by atoms with Gasteiger partial charge in [0.25, 0.3) is 0 Å². The third-order valence-corrected chi connectivity index (χ3v) is 6.01. The van der Waals surface area contributed by atoms with E-state index in [2.05, 4.69) is 11.9 Å². The minimum absolute atomic E-state index is 0.00501. The van der Waals surface area contributed by atoms with Crippen LogP contribution in [0, 0.1) is 19.8 Å². The normalized spacial score (nSPS) is 17.4. The van der Waals surface area contributed by atoms with Gasteiger partial charge in [-0.15, -0.1) is 11.3 Å². The first kappa shape index (κ1) is 17.7. The largest absolute Gasteiger partial charge is 0.497 e. The molecule has 6 heteroatoms. The van der Waals surface area contributed by atoms with Gasteiger partial charge in [0.2, 0.25) is 5.91 Å². The molecule has 2 unspecified atom stereocenters. The molecule has 0 saturated heterocycles. The van der Waals surface area contributed by atoms with Crippen LogP contribution >= 0.6 is 11.3 Å². The summed E-state index contributed by atoms with van der Waals surface area (Å²) in [5, 5.41) is 1.03. The van der Waals surface area contributed by atoms with E-state index in [4.69, 9.17) is 9.47 Å². The molecule has 25 heavy (non-hydrogen) atoms. The molecule has 0 fully saturated rings. The Hall–Kier alpha value is -2.08. The molecule has 2 aromatic rings. The van der Waals surface area contributed by atoms with Crippen molar-refractivity contribution in [2.24, 2.45) is 5.92 Å². The molecule has 134 valence electrons. The van der Waals surface area contributed by atoms with Gasteiger partial charge in [-0.2, -0.15) is 0 Å². The molecule has 2 heterocycles. The van der Waals surface area contributed by atoms with Crippen molar-refractivity contribution < 1.29 is 14.3 Å². The highest BCUT2D eigenvalue weighted by molar-refractivity contribution is 7.11. The molecule has 3 rings (SSSR count). The van der Waals surface area contributed by atoms with Crippen molar-refractivity contribution >= 4 is 17.2 Å². The fourth-order valence-corrected chi connectivity index (χ4v) is 4.27. The lowest BCUT2D eigenvalue weighted by Gasteiger charge is -2.31. The SMILES string of the molecule is COc1ccc2c(c1)CC(C(=O)N(C)C(C)c1sc(C)nc1C)CO2. The topological polar surface area (TPSA) is 51.7 Å². The van der Waals surface area contributed by atoms with Crippen LogP contribution in [0.5, 0.6) is 11.5 Å². The van der Waals surface area contributed by atoms with Gasteiger partial charge < -0.3 is 14.4 Å². The molecule has 1 aromatic carbocycles. The van der Waals surface area contributed by atoms with Crippen LogP contribution in [0.25, 0.3) is 0 Å². The Morgan fingerprint density at radius 3 is 2.84 bits per heavy atom. The number of hydrogen-bond acceptors (Lipinski definition) is 5. The van der Waals surface area contributed by atoms with Crippen molar-refractivity contribution in [1.82, 2.24) is 9.88 Å². The van der Waals surface area contributed by atoms with E-state index >= 15 is 0 Å². The van der Waals surface area contributed by atoms with E-state index in [0.29, 0.717) is 13.0 Å². The van der Waals surface area contributed by atoms with Crippen molar-refractivity contribution in [3.63, 3.8) is 0 Å². The number of carbonyl (C=O) groups is 1. The number of amides is 1. The number of methoxy groups -OCH3 is 1. The predicted octanol–water partition coefficient (Wildman–Crippen LogP) is 3.54. The Labute approximate surface area is 152 Å². The van der Waals surface area contributed by atoms with Crippen molar-refractivity contribution in [2.45, 2.75) is 33.2 Å². The number of fused-ring (bicyclic) bond motifs is 1. The highest BCUT2D eigenvalue weighted by Crippen LogP contribution is 2.33. The fraction of sp³-hybridized carbons (Fsp3) is 0.474. The van der Waals surface area contributed by atoms with Gasteiger partial charge >= 0.3 is 0 Å². The Morgan fingerprint density at radius 1 is 1.44 bits per heavy atom. The number of aromatic nitrogens is 1. The maximum absolute atomic E-state index is 13.0.